The Morgan fingerprint density at radius 3 is 2.48 bits per heavy atom. The van der Waals surface area contributed by atoms with Gasteiger partial charge in [-0.1, -0.05) is 30.7 Å². The molecule has 1 aromatic carbocycles. The van der Waals surface area contributed by atoms with Crippen LogP contribution in [0.4, 0.5) is 10.2 Å². The molecule has 0 aliphatic rings. The van der Waals surface area contributed by atoms with Crippen molar-refractivity contribution < 1.29 is 4.39 Å². The van der Waals surface area contributed by atoms with E-state index >= 15 is 0 Å². The fourth-order valence-corrected chi connectivity index (χ4v) is 2.35. The highest BCUT2D eigenvalue weighted by molar-refractivity contribution is 6.30. The van der Waals surface area contributed by atoms with Crippen molar-refractivity contribution in [3.05, 3.63) is 52.2 Å². The zero-order valence-corrected chi connectivity index (χ0v) is 13.3. The number of rotatable bonds is 5. The third-order valence-corrected chi connectivity index (χ3v) is 3.64. The number of anilines is 1. The molecule has 0 spiro atoms. The Hall–Kier alpha value is -1.68. The Morgan fingerprint density at radius 2 is 1.86 bits per heavy atom. The third kappa shape index (κ3) is 3.91. The quantitative estimate of drug-likeness (QED) is 0.776. The number of nitrogens with zero attached hydrogens (tertiary/aromatic N) is 3. The van der Waals surface area contributed by atoms with E-state index in [4.69, 9.17) is 11.6 Å². The molecule has 0 aliphatic carbocycles. The number of aryl methyl sites for hydroxylation is 1. The summed E-state index contributed by atoms with van der Waals surface area (Å²) in [4.78, 5) is 10.9. The van der Waals surface area contributed by atoms with Gasteiger partial charge in [0.15, 0.2) is 0 Å². The van der Waals surface area contributed by atoms with Gasteiger partial charge in [-0.25, -0.2) is 14.4 Å². The minimum absolute atomic E-state index is 0.229. The van der Waals surface area contributed by atoms with Gasteiger partial charge in [-0.3, -0.25) is 0 Å². The summed E-state index contributed by atoms with van der Waals surface area (Å²) in [6.07, 6.45) is 1.78. The predicted octanol–water partition coefficient (Wildman–Crippen LogP) is 4.17. The van der Waals surface area contributed by atoms with E-state index < -0.39 is 0 Å². The van der Waals surface area contributed by atoms with Crippen LogP contribution < -0.4 is 4.90 Å². The normalized spacial score (nSPS) is 10.7. The summed E-state index contributed by atoms with van der Waals surface area (Å²) in [6.45, 7) is 4.63. The monoisotopic (exact) mass is 307 g/mol. The standard InChI is InChI=1S/C16H19ClFN3/c1-4-5-14-19-15(17)11(2)16(20-14)21(3)10-12-6-8-13(18)9-7-12/h6-9H,4-5,10H2,1-3H3. The van der Waals surface area contributed by atoms with Crippen LogP contribution in [0.1, 0.15) is 30.3 Å². The summed E-state index contributed by atoms with van der Waals surface area (Å²) in [5, 5.41) is 0.495. The molecule has 1 aromatic heterocycles. The molecule has 3 nitrogen and oxygen atoms in total. The molecule has 2 rings (SSSR count). The van der Waals surface area contributed by atoms with Gasteiger partial charge in [-0.2, -0.15) is 0 Å². The molecule has 1 heterocycles. The van der Waals surface area contributed by atoms with E-state index in [9.17, 15) is 4.39 Å². The second-order valence-corrected chi connectivity index (χ2v) is 5.47. The average Bonchev–Trinajstić information content (AvgIpc) is 2.45. The first kappa shape index (κ1) is 15.7. The van der Waals surface area contributed by atoms with Crippen LogP contribution in [0.25, 0.3) is 0 Å². The Bertz CT molecular complexity index is 614. The van der Waals surface area contributed by atoms with E-state index in [-0.39, 0.29) is 5.82 Å². The first-order valence-corrected chi connectivity index (χ1v) is 7.37. The molecule has 0 unspecified atom stereocenters. The van der Waals surface area contributed by atoms with Crippen molar-refractivity contribution in [3.8, 4) is 0 Å². The lowest BCUT2D eigenvalue weighted by Crippen LogP contribution is -2.20. The topological polar surface area (TPSA) is 29.0 Å². The minimum atomic E-state index is -0.229. The number of hydrogen-bond donors (Lipinski definition) is 0. The highest BCUT2D eigenvalue weighted by atomic mass is 35.5. The van der Waals surface area contributed by atoms with Crippen LogP contribution in [0.3, 0.4) is 0 Å². The molecule has 0 fully saturated rings. The molecule has 0 aliphatic heterocycles. The van der Waals surface area contributed by atoms with Gasteiger partial charge in [-0.05, 0) is 31.0 Å². The Morgan fingerprint density at radius 1 is 1.19 bits per heavy atom. The van der Waals surface area contributed by atoms with E-state index in [0.717, 1.165) is 35.6 Å². The Labute approximate surface area is 129 Å². The summed E-state index contributed by atoms with van der Waals surface area (Å²) in [6, 6.07) is 6.48. The maximum Gasteiger partial charge on any atom is 0.137 e. The van der Waals surface area contributed by atoms with Crippen molar-refractivity contribution in [3.63, 3.8) is 0 Å². The third-order valence-electron chi connectivity index (χ3n) is 3.28. The SMILES string of the molecule is CCCc1nc(Cl)c(C)c(N(C)Cc2ccc(F)cc2)n1. The molecular weight excluding hydrogens is 289 g/mol. The fourth-order valence-electron chi connectivity index (χ4n) is 2.17. The predicted molar refractivity (Wildman–Crippen MR) is 84.3 cm³/mol. The lowest BCUT2D eigenvalue weighted by Gasteiger charge is -2.21. The summed E-state index contributed by atoms with van der Waals surface area (Å²) in [5.74, 6) is 1.35. The number of aromatic nitrogens is 2. The van der Waals surface area contributed by atoms with Crippen LogP contribution in [0.15, 0.2) is 24.3 Å². The molecule has 21 heavy (non-hydrogen) atoms. The van der Waals surface area contributed by atoms with Gasteiger partial charge < -0.3 is 4.90 Å². The lowest BCUT2D eigenvalue weighted by molar-refractivity contribution is 0.627. The van der Waals surface area contributed by atoms with Crippen LogP contribution in [0, 0.1) is 12.7 Å². The van der Waals surface area contributed by atoms with Crippen molar-refractivity contribution in [2.45, 2.75) is 33.2 Å². The van der Waals surface area contributed by atoms with Crippen molar-refractivity contribution in [2.24, 2.45) is 0 Å². The van der Waals surface area contributed by atoms with E-state index in [1.54, 1.807) is 12.1 Å². The molecule has 0 N–H and O–H groups in total. The van der Waals surface area contributed by atoms with E-state index in [0.29, 0.717) is 11.7 Å². The first-order valence-electron chi connectivity index (χ1n) is 7.00. The van der Waals surface area contributed by atoms with Crippen LogP contribution in [-0.4, -0.2) is 17.0 Å². The Balaban J connectivity index is 2.25. The molecule has 112 valence electrons. The van der Waals surface area contributed by atoms with E-state index in [1.165, 1.54) is 12.1 Å². The van der Waals surface area contributed by atoms with Crippen molar-refractivity contribution in [1.82, 2.24) is 9.97 Å². The fraction of sp³-hybridized carbons (Fsp3) is 0.375. The summed E-state index contributed by atoms with van der Waals surface area (Å²) in [5.41, 5.74) is 1.88. The van der Waals surface area contributed by atoms with Gasteiger partial charge >= 0.3 is 0 Å². The van der Waals surface area contributed by atoms with Gasteiger partial charge in [0.25, 0.3) is 0 Å². The van der Waals surface area contributed by atoms with Gasteiger partial charge in [0.05, 0.1) is 0 Å². The molecular formula is C16H19ClFN3. The van der Waals surface area contributed by atoms with Crippen molar-refractivity contribution in [1.29, 1.82) is 0 Å². The molecule has 0 amide bonds. The minimum Gasteiger partial charge on any atom is -0.355 e. The lowest BCUT2D eigenvalue weighted by atomic mass is 10.2. The molecule has 0 bridgehead atoms. The average molecular weight is 308 g/mol. The van der Waals surface area contributed by atoms with Crippen LogP contribution in [0.5, 0.6) is 0 Å². The van der Waals surface area contributed by atoms with Gasteiger partial charge in [-0.15, -0.1) is 0 Å². The number of halogens is 2. The first-order chi connectivity index (χ1) is 10.0. The van der Waals surface area contributed by atoms with Gasteiger partial charge in [0.2, 0.25) is 0 Å². The second-order valence-electron chi connectivity index (χ2n) is 5.11. The van der Waals surface area contributed by atoms with E-state index in [2.05, 4.69) is 16.9 Å². The maximum absolute atomic E-state index is 13.0. The zero-order chi connectivity index (χ0) is 15.4. The summed E-state index contributed by atoms with van der Waals surface area (Å²) in [7, 11) is 1.95. The highest BCUT2D eigenvalue weighted by Crippen LogP contribution is 2.24. The molecule has 0 atom stereocenters. The smallest absolute Gasteiger partial charge is 0.137 e. The second kappa shape index (κ2) is 6.85. The van der Waals surface area contributed by atoms with Crippen LogP contribution >= 0.6 is 11.6 Å². The zero-order valence-electron chi connectivity index (χ0n) is 12.5. The maximum atomic E-state index is 13.0. The molecule has 2 aromatic rings. The number of benzene rings is 1. The molecule has 0 saturated heterocycles. The van der Waals surface area contributed by atoms with Crippen LogP contribution in [-0.2, 0) is 13.0 Å². The van der Waals surface area contributed by atoms with Crippen LogP contribution in [0.2, 0.25) is 5.15 Å². The number of hydrogen-bond acceptors (Lipinski definition) is 3. The molecule has 5 heteroatoms. The highest BCUT2D eigenvalue weighted by Gasteiger charge is 2.13. The van der Waals surface area contributed by atoms with Gasteiger partial charge in [0.1, 0.15) is 22.6 Å². The summed E-state index contributed by atoms with van der Waals surface area (Å²) < 4.78 is 13.0. The molecule has 0 radical (unpaired) electrons. The van der Waals surface area contributed by atoms with Crippen molar-refractivity contribution >= 4 is 17.4 Å². The van der Waals surface area contributed by atoms with Crippen molar-refractivity contribution in [2.75, 3.05) is 11.9 Å². The largest absolute Gasteiger partial charge is 0.355 e. The van der Waals surface area contributed by atoms with E-state index in [1.807, 2.05) is 18.9 Å². The Kier molecular flexibility index (Phi) is 5.12. The summed E-state index contributed by atoms with van der Waals surface area (Å²) >= 11 is 6.20. The van der Waals surface area contributed by atoms with Gasteiger partial charge in [0, 0.05) is 25.6 Å². The molecule has 0 saturated carbocycles.